The third-order valence-electron chi connectivity index (χ3n) is 3.38. The van der Waals surface area contributed by atoms with Gasteiger partial charge in [0, 0.05) is 12.0 Å². The van der Waals surface area contributed by atoms with E-state index in [-0.39, 0.29) is 4.83 Å². The van der Waals surface area contributed by atoms with Gasteiger partial charge in [0.1, 0.15) is 17.6 Å². The second-order valence-corrected chi connectivity index (χ2v) is 5.71. The fraction of sp³-hybridized carbons (Fsp3) is 0.333. The molecule has 2 unspecified atom stereocenters. The zero-order chi connectivity index (χ0) is 12.7. The Labute approximate surface area is 115 Å². The van der Waals surface area contributed by atoms with Gasteiger partial charge in [-0.15, -0.1) is 0 Å². The van der Waals surface area contributed by atoms with Crippen molar-refractivity contribution in [3.05, 3.63) is 53.0 Å². The quantitative estimate of drug-likeness (QED) is 0.768. The minimum Gasteiger partial charge on any atom is -0.490 e. The average molecular weight is 307 g/mol. The number of hydrogen-bond donors (Lipinski definition) is 0. The first kappa shape index (κ1) is 11.8. The van der Waals surface area contributed by atoms with Crippen LogP contribution in [0.25, 0.3) is 0 Å². The number of ether oxygens (including phenoxy) is 1. The van der Waals surface area contributed by atoms with Gasteiger partial charge in [0.15, 0.2) is 0 Å². The predicted octanol–water partition coefficient (Wildman–Crippen LogP) is 4.40. The minimum atomic E-state index is 0.178. The van der Waals surface area contributed by atoms with E-state index in [2.05, 4.69) is 41.1 Å². The highest BCUT2D eigenvalue weighted by Crippen LogP contribution is 2.37. The van der Waals surface area contributed by atoms with E-state index in [1.807, 2.05) is 13.0 Å². The average Bonchev–Trinajstić information content (AvgIpc) is 2.91. The lowest BCUT2D eigenvalue weighted by molar-refractivity contribution is 0.254. The Hall–Kier alpha value is -1.22. The monoisotopic (exact) mass is 306 g/mol. The van der Waals surface area contributed by atoms with Gasteiger partial charge in [-0.05, 0) is 37.1 Å². The van der Waals surface area contributed by atoms with Crippen LogP contribution in [0, 0.1) is 6.92 Å². The number of rotatable bonds is 2. The van der Waals surface area contributed by atoms with E-state index in [0.29, 0.717) is 6.10 Å². The van der Waals surface area contributed by atoms with E-state index >= 15 is 0 Å². The van der Waals surface area contributed by atoms with Gasteiger partial charge in [0.05, 0.1) is 11.1 Å². The van der Waals surface area contributed by atoms with Crippen LogP contribution in [-0.4, -0.2) is 6.10 Å². The molecular weight excluding hydrogens is 292 g/mol. The second kappa shape index (κ2) is 4.47. The normalized spacial score (nSPS) is 19.4. The number of halogens is 1. The SMILES string of the molecule is Cc1occc1C(Br)c1ccc2c(c1)CC(C)O2. The molecule has 1 aliphatic heterocycles. The van der Waals surface area contributed by atoms with Crippen LogP contribution < -0.4 is 4.74 Å². The van der Waals surface area contributed by atoms with Gasteiger partial charge >= 0.3 is 0 Å². The molecule has 2 aromatic rings. The van der Waals surface area contributed by atoms with Crippen molar-refractivity contribution in [3.8, 4) is 5.75 Å². The third-order valence-corrected chi connectivity index (χ3v) is 4.41. The smallest absolute Gasteiger partial charge is 0.123 e. The summed E-state index contributed by atoms with van der Waals surface area (Å²) in [6.45, 7) is 4.09. The molecule has 0 radical (unpaired) electrons. The van der Waals surface area contributed by atoms with Gasteiger partial charge < -0.3 is 9.15 Å². The lowest BCUT2D eigenvalue weighted by Crippen LogP contribution is -2.05. The summed E-state index contributed by atoms with van der Waals surface area (Å²) in [4.78, 5) is 0.178. The molecule has 0 spiro atoms. The van der Waals surface area contributed by atoms with Crippen LogP contribution in [0.4, 0.5) is 0 Å². The molecule has 1 aliphatic rings. The van der Waals surface area contributed by atoms with Gasteiger partial charge in [-0.3, -0.25) is 0 Å². The third kappa shape index (κ3) is 1.97. The first-order valence-electron chi connectivity index (χ1n) is 6.12. The van der Waals surface area contributed by atoms with Gasteiger partial charge in [0.25, 0.3) is 0 Å². The van der Waals surface area contributed by atoms with Crippen molar-refractivity contribution >= 4 is 15.9 Å². The van der Waals surface area contributed by atoms with Crippen LogP contribution in [0.2, 0.25) is 0 Å². The molecule has 18 heavy (non-hydrogen) atoms. The fourth-order valence-corrected chi connectivity index (χ4v) is 3.20. The molecule has 1 aromatic carbocycles. The summed E-state index contributed by atoms with van der Waals surface area (Å²) in [7, 11) is 0. The number of fused-ring (bicyclic) bond motifs is 1. The standard InChI is InChI=1S/C15H15BrO2/c1-9-7-12-8-11(3-4-14(12)18-9)15(16)13-5-6-17-10(13)2/h3-6,8-9,15H,7H2,1-2H3. The zero-order valence-electron chi connectivity index (χ0n) is 10.4. The summed E-state index contributed by atoms with van der Waals surface area (Å²) in [5.41, 5.74) is 3.73. The maximum absolute atomic E-state index is 5.72. The first-order chi connectivity index (χ1) is 8.65. The molecular formula is C15H15BrO2. The summed E-state index contributed by atoms with van der Waals surface area (Å²) >= 11 is 3.75. The number of aryl methyl sites for hydroxylation is 1. The van der Waals surface area contributed by atoms with Gasteiger partial charge in [0.2, 0.25) is 0 Å². The van der Waals surface area contributed by atoms with E-state index in [1.54, 1.807) is 6.26 Å². The van der Waals surface area contributed by atoms with E-state index in [9.17, 15) is 0 Å². The Kier molecular flexibility index (Phi) is 2.94. The van der Waals surface area contributed by atoms with Crippen molar-refractivity contribution in [1.82, 2.24) is 0 Å². The summed E-state index contributed by atoms with van der Waals surface area (Å²) in [6, 6.07) is 8.42. The van der Waals surface area contributed by atoms with Crippen molar-refractivity contribution < 1.29 is 9.15 Å². The number of benzene rings is 1. The number of hydrogen-bond acceptors (Lipinski definition) is 2. The molecule has 2 nitrogen and oxygen atoms in total. The molecule has 2 atom stereocenters. The van der Waals surface area contributed by atoms with Crippen molar-refractivity contribution in [3.63, 3.8) is 0 Å². The van der Waals surface area contributed by atoms with Gasteiger partial charge in [-0.25, -0.2) is 0 Å². The van der Waals surface area contributed by atoms with E-state index in [0.717, 1.165) is 17.9 Å². The molecule has 0 amide bonds. The topological polar surface area (TPSA) is 22.4 Å². The second-order valence-electron chi connectivity index (χ2n) is 4.79. The van der Waals surface area contributed by atoms with E-state index in [4.69, 9.17) is 9.15 Å². The molecule has 94 valence electrons. The van der Waals surface area contributed by atoms with Crippen molar-refractivity contribution in [2.24, 2.45) is 0 Å². The highest BCUT2D eigenvalue weighted by atomic mass is 79.9. The van der Waals surface area contributed by atoms with Crippen molar-refractivity contribution in [1.29, 1.82) is 0 Å². The van der Waals surface area contributed by atoms with Crippen LogP contribution in [0.3, 0.4) is 0 Å². The van der Waals surface area contributed by atoms with E-state index in [1.165, 1.54) is 16.7 Å². The lowest BCUT2D eigenvalue weighted by atomic mass is 10.0. The molecule has 0 saturated heterocycles. The molecule has 0 aliphatic carbocycles. The molecule has 3 heteroatoms. The van der Waals surface area contributed by atoms with Crippen LogP contribution in [-0.2, 0) is 6.42 Å². The van der Waals surface area contributed by atoms with Gasteiger partial charge in [-0.1, -0.05) is 28.1 Å². The molecule has 0 saturated carbocycles. The Morgan fingerprint density at radius 3 is 2.89 bits per heavy atom. The zero-order valence-corrected chi connectivity index (χ0v) is 12.0. The largest absolute Gasteiger partial charge is 0.490 e. The number of alkyl halides is 1. The lowest BCUT2D eigenvalue weighted by Gasteiger charge is -2.10. The summed E-state index contributed by atoms with van der Waals surface area (Å²) in [5, 5.41) is 0. The fourth-order valence-electron chi connectivity index (χ4n) is 2.44. The Balaban J connectivity index is 1.94. The van der Waals surface area contributed by atoms with Crippen LogP contribution in [0.5, 0.6) is 5.75 Å². The number of furan rings is 1. The molecule has 0 fully saturated rings. The Morgan fingerprint density at radius 1 is 1.33 bits per heavy atom. The highest BCUT2D eigenvalue weighted by Gasteiger charge is 2.21. The van der Waals surface area contributed by atoms with E-state index < -0.39 is 0 Å². The molecule has 3 rings (SSSR count). The maximum Gasteiger partial charge on any atom is 0.123 e. The molecule has 0 N–H and O–H groups in total. The Morgan fingerprint density at radius 2 is 2.17 bits per heavy atom. The summed E-state index contributed by atoms with van der Waals surface area (Å²) < 4.78 is 11.1. The van der Waals surface area contributed by atoms with Crippen LogP contribution >= 0.6 is 15.9 Å². The molecule has 2 heterocycles. The first-order valence-corrected chi connectivity index (χ1v) is 7.04. The maximum atomic E-state index is 5.72. The molecule has 0 bridgehead atoms. The molecule has 1 aromatic heterocycles. The summed E-state index contributed by atoms with van der Waals surface area (Å²) in [6.07, 6.45) is 3.02. The van der Waals surface area contributed by atoms with Gasteiger partial charge in [-0.2, -0.15) is 0 Å². The minimum absolute atomic E-state index is 0.178. The van der Waals surface area contributed by atoms with Crippen LogP contribution in [0.1, 0.15) is 34.2 Å². The predicted molar refractivity (Wildman–Crippen MR) is 74.5 cm³/mol. The van der Waals surface area contributed by atoms with Crippen molar-refractivity contribution in [2.45, 2.75) is 31.2 Å². The summed E-state index contributed by atoms with van der Waals surface area (Å²) in [5.74, 6) is 1.98. The van der Waals surface area contributed by atoms with Crippen molar-refractivity contribution in [2.75, 3.05) is 0 Å². The highest BCUT2D eigenvalue weighted by molar-refractivity contribution is 9.09. The van der Waals surface area contributed by atoms with Crippen LogP contribution in [0.15, 0.2) is 34.9 Å². The Bertz CT molecular complexity index is 574.